The summed E-state index contributed by atoms with van der Waals surface area (Å²) in [7, 11) is 2.03. The normalized spacial score (nSPS) is 18.2. The van der Waals surface area contributed by atoms with Crippen molar-refractivity contribution < 1.29 is 9.90 Å². The summed E-state index contributed by atoms with van der Waals surface area (Å²) in [5.74, 6) is -0.620. The average Bonchev–Trinajstić information content (AvgIpc) is 2.77. The molecule has 3 heteroatoms. The summed E-state index contributed by atoms with van der Waals surface area (Å²) < 4.78 is 2.10. The van der Waals surface area contributed by atoms with Gasteiger partial charge in [-0.2, -0.15) is 0 Å². The van der Waals surface area contributed by atoms with E-state index in [1.165, 1.54) is 22.9 Å². The van der Waals surface area contributed by atoms with Crippen LogP contribution in [0, 0.1) is 5.41 Å². The lowest BCUT2D eigenvalue weighted by Crippen LogP contribution is -2.35. The van der Waals surface area contributed by atoms with Crippen molar-refractivity contribution in [2.75, 3.05) is 0 Å². The minimum Gasteiger partial charge on any atom is -0.481 e. The molecule has 0 unspecified atom stereocenters. The van der Waals surface area contributed by atoms with Gasteiger partial charge < -0.3 is 9.67 Å². The Labute approximate surface area is 119 Å². The van der Waals surface area contributed by atoms with E-state index >= 15 is 0 Å². The molecule has 1 aliphatic carbocycles. The van der Waals surface area contributed by atoms with E-state index in [2.05, 4.69) is 22.9 Å². The number of carbonyl (C=O) groups is 1. The van der Waals surface area contributed by atoms with Crippen molar-refractivity contribution in [3.05, 3.63) is 36.0 Å². The Morgan fingerprint density at radius 3 is 2.65 bits per heavy atom. The number of para-hydroxylation sites is 1. The van der Waals surface area contributed by atoms with Crippen LogP contribution in [0.4, 0.5) is 0 Å². The van der Waals surface area contributed by atoms with Crippen LogP contribution in [0.2, 0.25) is 0 Å². The van der Waals surface area contributed by atoms with Crippen molar-refractivity contribution in [2.45, 2.75) is 38.5 Å². The van der Waals surface area contributed by atoms with E-state index in [-0.39, 0.29) is 0 Å². The van der Waals surface area contributed by atoms with Gasteiger partial charge in [0.15, 0.2) is 0 Å². The summed E-state index contributed by atoms with van der Waals surface area (Å²) in [6.07, 6.45) is 7.63. The van der Waals surface area contributed by atoms with Crippen molar-refractivity contribution >= 4 is 16.9 Å². The quantitative estimate of drug-likeness (QED) is 0.923. The second-order valence-electron chi connectivity index (χ2n) is 6.11. The first-order valence-corrected chi connectivity index (χ1v) is 7.39. The highest BCUT2D eigenvalue weighted by Crippen LogP contribution is 2.41. The van der Waals surface area contributed by atoms with Crippen LogP contribution in [0.25, 0.3) is 10.9 Å². The summed E-state index contributed by atoms with van der Waals surface area (Å²) in [6, 6.07) is 8.25. The first kappa shape index (κ1) is 13.2. The number of carboxylic acid groups (broad SMARTS) is 1. The number of nitrogens with zero attached hydrogens (tertiary/aromatic N) is 1. The van der Waals surface area contributed by atoms with E-state index in [1.807, 2.05) is 19.2 Å². The smallest absolute Gasteiger partial charge is 0.309 e. The van der Waals surface area contributed by atoms with Crippen molar-refractivity contribution in [3.63, 3.8) is 0 Å². The fraction of sp³-hybridized carbons (Fsp3) is 0.471. The molecular weight excluding hydrogens is 250 g/mol. The molecule has 1 saturated carbocycles. The Balaban J connectivity index is 2.01. The second-order valence-corrected chi connectivity index (χ2v) is 6.11. The molecule has 0 bridgehead atoms. The molecule has 0 radical (unpaired) electrons. The standard InChI is InChI=1S/C17H21NO2/c1-18-12-13(14-7-3-4-8-15(14)18)11-17(16(19)20)9-5-2-6-10-17/h3-4,7-8,12H,2,5-6,9-11H2,1H3,(H,19,20). The molecule has 3 rings (SSSR count). The molecule has 1 aliphatic rings. The maximum atomic E-state index is 11.8. The highest BCUT2D eigenvalue weighted by atomic mass is 16.4. The third-order valence-corrected chi connectivity index (χ3v) is 4.77. The third-order valence-electron chi connectivity index (χ3n) is 4.77. The molecule has 1 fully saturated rings. The predicted molar refractivity (Wildman–Crippen MR) is 79.8 cm³/mol. The van der Waals surface area contributed by atoms with Gasteiger partial charge in [0.05, 0.1) is 5.41 Å². The van der Waals surface area contributed by atoms with Crippen LogP contribution in [-0.2, 0) is 18.3 Å². The fourth-order valence-corrected chi connectivity index (χ4v) is 3.63. The zero-order chi connectivity index (χ0) is 14.2. The second kappa shape index (κ2) is 4.97. The maximum absolute atomic E-state index is 11.8. The minimum absolute atomic E-state index is 0.553. The molecule has 106 valence electrons. The number of hydrogen-bond acceptors (Lipinski definition) is 1. The lowest BCUT2D eigenvalue weighted by Gasteiger charge is -2.33. The molecule has 0 amide bonds. The third kappa shape index (κ3) is 2.11. The van der Waals surface area contributed by atoms with Gasteiger partial charge in [-0.1, -0.05) is 37.5 Å². The first-order chi connectivity index (χ1) is 9.62. The molecule has 0 saturated heterocycles. The molecular formula is C17H21NO2. The monoisotopic (exact) mass is 271 g/mol. The predicted octanol–water partition coefficient (Wildman–Crippen LogP) is 3.76. The Morgan fingerprint density at radius 1 is 1.25 bits per heavy atom. The number of aliphatic carboxylic acids is 1. The molecule has 0 atom stereocenters. The Morgan fingerprint density at radius 2 is 1.95 bits per heavy atom. The molecule has 1 aromatic heterocycles. The van der Waals surface area contributed by atoms with Gasteiger partial charge in [0.2, 0.25) is 0 Å². The Hall–Kier alpha value is -1.77. The SMILES string of the molecule is Cn1cc(CC2(C(=O)O)CCCCC2)c2ccccc21. The number of hydrogen-bond donors (Lipinski definition) is 1. The summed E-state index contributed by atoms with van der Waals surface area (Å²) in [5, 5.41) is 10.9. The lowest BCUT2D eigenvalue weighted by atomic mass is 9.70. The van der Waals surface area contributed by atoms with Gasteiger partial charge in [0.25, 0.3) is 0 Å². The topological polar surface area (TPSA) is 42.2 Å². The molecule has 1 N–H and O–H groups in total. The van der Waals surface area contributed by atoms with Crippen LogP contribution in [0.15, 0.2) is 30.5 Å². The van der Waals surface area contributed by atoms with E-state index < -0.39 is 11.4 Å². The lowest BCUT2D eigenvalue weighted by molar-refractivity contribution is -0.151. The molecule has 3 nitrogen and oxygen atoms in total. The highest BCUT2D eigenvalue weighted by molar-refractivity contribution is 5.85. The number of benzene rings is 1. The first-order valence-electron chi connectivity index (χ1n) is 7.39. The van der Waals surface area contributed by atoms with Gasteiger partial charge in [-0.15, -0.1) is 0 Å². The number of rotatable bonds is 3. The molecule has 0 aliphatic heterocycles. The van der Waals surface area contributed by atoms with Crippen LogP contribution >= 0.6 is 0 Å². The number of aryl methyl sites for hydroxylation is 1. The average molecular weight is 271 g/mol. The van der Waals surface area contributed by atoms with Gasteiger partial charge in [-0.05, 0) is 30.9 Å². The van der Waals surface area contributed by atoms with Crippen molar-refractivity contribution in [1.29, 1.82) is 0 Å². The van der Waals surface area contributed by atoms with Crippen LogP contribution in [0.3, 0.4) is 0 Å². The number of aromatic nitrogens is 1. The summed E-state index contributed by atoms with van der Waals surface area (Å²) in [5.41, 5.74) is 1.80. The highest BCUT2D eigenvalue weighted by Gasteiger charge is 2.40. The van der Waals surface area contributed by atoms with E-state index in [9.17, 15) is 9.90 Å². The van der Waals surface area contributed by atoms with Crippen LogP contribution in [-0.4, -0.2) is 15.6 Å². The van der Waals surface area contributed by atoms with E-state index in [1.54, 1.807) is 0 Å². The van der Waals surface area contributed by atoms with E-state index in [0.717, 1.165) is 25.7 Å². The number of fused-ring (bicyclic) bond motifs is 1. The van der Waals surface area contributed by atoms with E-state index in [4.69, 9.17) is 0 Å². The molecule has 0 spiro atoms. The number of carboxylic acids is 1. The molecule has 1 heterocycles. The summed E-state index contributed by atoms with van der Waals surface area (Å²) >= 11 is 0. The van der Waals surface area contributed by atoms with Crippen molar-refractivity contribution in [1.82, 2.24) is 4.57 Å². The Kier molecular flexibility index (Phi) is 3.28. The molecule has 20 heavy (non-hydrogen) atoms. The summed E-state index contributed by atoms with van der Waals surface area (Å²) in [4.78, 5) is 11.8. The van der Waals surface area contributed by atoms with Crippen molar-refractivity contribution in [2.24, 2.45) is 12.5 Å². The van der Waals surface area contributed by atoms with Gasteiger partial charge in [0.1, 0.15) is 0 Å². The van der Waals surface area contributed by atoms with Crippen LogP contribution < -0.4 is 0 Å². The molecule has 1 aromatic carbocycles. The largest absolute Gasteiger partial charge is 0.481 e. The van der Waals surface area contributed by atoms with Gasteiger partial charge in [-0.3, -0.25) is 4.79 Å². The summed E-state index contributed by atoms with van der Waals surface area (Å²) in [6.45, 7) is 0. The van der Waals surface area contributed by atoms with Gasteiger partial charge in [0, 0.05) is 24.1 Å². The van der Waals surface area contributed by atoms with E-state index in [0.29, 0.717) is 6.42 Å². The van der Waals surface area contributed by atoms with Crippen LogP contribution in [0.1, 0.15) is 37.7 Å². The maximum Gasteiger partial charge on any atom is 0.309 e. The van der Waals surface area contributed by atoms with Gasteiger partial charge in [-0.25, -0.2) is 0 Å². The fourth-order valence-electron chi connectivity index (χ4n) is 3.63. The minimum atomic E-state index is -0.620. The van der Waals surface area contributed by atoms with Gasteiger partial charge >= 0.3 is 5.97 Å². The van der Waals surface area contributed by atoms with Crippen molar-refractivity contribution in [3.8, 4) is 0 Å². The Bertz CT molecular complexity index is 635. The van der Waals surface area contributed by atoms with Crippen LogP contribution in [0.5, 0.6) is 0 Å². The zero-order valence-corrected chi connectivity index (χ0v) is 11.9. The zero-order valence-electron chi connectivity index (χ0n) is 11.9. The molecule has 2 aromatic rings.